The van der Waals surface area contributed by atoms with Crippen LogP contribution >= 0.6 is 11.6 Å². The van der Waals surface area contributed by atoms with Gasteiger partial charge in [0.25, 0.3) is 0 Å². The Hall–Kier alpha value is -2.00. The van der Waals surface area contributed by atoms with Crippen molar-refractivity contribution >= 4 is 23.5 Å². The van der Waals surface area contributed by atoms with Crippen LogP contribution in [0.3, 0.4) is 0 Å². The smallest absolute Gasteiger partial charge is 0.137 e. The van der Waals surface area contributed by atoms with Crippen molar-refractivity contribution in [3.8, 4) is 5.75 Å². The second-order valence-corrected chi connectivity index (χ2v) is 6.50. The van der Waals surface area contributed by atoms with Crippen molar-refractivity contribution in [2.45, 2.75) is 26.2 Å². The predicted octanol–water partition coefficient (Wildman–Crippen LogP) is 5.09. The summed E-state index contributed by atoms with van der Waals surface area (Å²) in [5, 5.41) is 4.78. The number of hydrogen-bond acceptors (Lipinski definition) is 3. The van der Waals surface area contributed by atoms with E-state index in [0.29, 0.717) is 10.8 Å². The Kier molecular flexibility index (Phi) is 5.09. The molecule has 2 aromatic rings. The van der Waals surface area contributed by atoms with Crippen molar-refractivity contribution in [1.82, 2.24) is 0 Å². The summed E-state index contributed by atoms with van der Waals surface area (Å²) in [6.45, 7) is 6.60. The molecule has 0 saturated carbocycles. The maximum Gasteiger partial charge on any atom is 0.137 e. The molecule has 0 atom stereocenters. The first-order valence-electron chi connectivity index (χ1n) is 7.13. The minimum absolute atomic E-state index is 0.160. The quantitative estimate of drug-likeness (QED) is 0.629. The zero-order valence-electron chi connectivity index (χ0n) is 13.4. The van der Waals surface area contributed by atoms with Crippen LogP contribution in [0.4, 0.5) is 5.69 Å². The number of ether oxygens (including phenoxy) is 1. The van der Waals surface area contributed by atoms with Crippen LogP contribution in [0.1, 0.15) is 31.9 Å². The van der Waals surface area contributed by atoms with Gasteiger partial charge in [-0.2, -0.15) is 5.10 Å². The first-order chi connectivity index (χ1) is 10.4. The fraction of sp³-hybridized carbons (Fsp3) is 0.278. The van der Waals surface area contributed by atoms with Gasteiger partial charge in [0.2, 0.25) is 0 Å². The highest BCUT2D eigenvalue weighted by atomic mass is 35.5. The molecule has 0 amide bonds. The molecular formula is C18H21ClN2O. The number of halogens is 1. The minimum Gasteiger partial charge on any atom is -0.495 e. The standard InChI is InChI=1S/C18H21ClN2O/c1-18(2,3)14-7-5-13(6-8-14)12-20-21-15-9-10-17(22-4)16(19)11-15/h5-12,21H,1-4H3/b20-12+. The zero-order chi connectivity index (χ0) is 16.2. The summed E-state index contributed by atoms with van der Waals surface area (Å²) in [6.07, 6.45) is 1.78. The number of benzene rings is 2. The average Bonchev–Trinajstić information content (AvgIpc) is 2.47. The number of anilines is 1. The molecule has 1 N–H and O–H groups in total. The molecule has 2 aromatic carbocycles. The molecule has 2 rings (SSSR count). The summed E-state index contributed by atoms with van der Waals surface area (Å²) >= 11 is 6.07. The maximum absolute atomic E-state index is 6.07. The molecule has 4 heteroatoms. The van der Waals surface area contributed by atoms with E-state index in [-0.39, 0.29) is 5.41 Å². The molecule has 0 saturated heterocycles. The Balaban J connectivity index is 2.02. The van der Waals surface area contributed by atoms with Gasteiger partial charge in [0.05, 0.1) is 24.0 Å². The Bertz CT molecular complexity index is 658. The Labute approximate surface area is 137 Å². The largest absolute Gasteiger partial charge is 0.495 e. The first-order valence-corrected chi connectivity index (χ1v) is 7.51. The van der Waals surface area contributed by atoms with Gasteiger partial charge in [0, 0.05) is 0 Å². The second kappa shape index (κ2) is 6.84. The van der Waals surface area contributed by atoms with Gasteiger partial charge in [-0.3, -0.25) is 5.43 Å². The SMILES string of the molecule is COc1ccc(N/N=C/c2ccc(C(C)(C)C)cc2)cc1Cl. The normalized spacial score (nSPS) is 11.7. The first kappa shape index (κ1) is 16.4. The summed E-state index contributed by atoms with van der Waals surface area (Å²) in [5.41, 5.74) is 6.28. The Morgan fingerprint density at radius 3 is 2.32 bits per heavy atom. The lowest BCUT2D eigenvalue weighted by Crippen LogP contribution is -2.10. The van der Waals surface area contributed by atoms with E-state index in [1.807, 2.05) is 6.07 Å². The van der Waals surface area contributed by atoms with Gasteiger partial charge in [-0.25, -0.2) is 0 Å². The van der Waals surface area contributed by atoms with Gasteiger partial charge >= 0.3 is 0 Å². The van der Waals surface area contributed by atoms with Crippen molar-refractivity contribution in [2.24, 2.45) is 5.10 Å². The van der Waals surface area contributed by atoms with E-state index in [4.69, 9.17) is 16.3 Å². The van der Waals surface area contributed by atoms with Crippen molar-refractivity contribution in [3.63, 3.8) is 0 Å². The molecule has 3 nitrogen and oxygen atoms in total. The van der Waals surface area contributed by atoms with Crippen LogP contribution in [0.2, 0.25) is 5.02 Å². The Morgan fingerprint density at radius 2 is 1.77 bits per heavy atom. The molecule has 22 heavy (non-hydrogen) atoms. The van der Waals surface area contributed by atoms with Gasteiger partial charge in [-0.1, -0.05) is 56.6 Å². The monoisotopic (exact) mass is 316 g/mol. The van der Waals surface area contributed by atoms with E-state index in [1.165, 1.54) is 5.56 Å². The fourth-order valence-electron chi connectivity index (χ4n) is 1.99. The molecule has 0 aliphatic heterocycles. The number of nitrogens with zero attached hydrogens (tertiary/aromatic N) is 1. The number of methoxy groups -OCH3 is 1. The molecule has 0 fully saturated rings. The van der Waals surface area contributed by atoms with Crippen LogP contribution in [0.15, 0.2) is 47.6 Å². The molecule has 0 bridgehead atoms. The number of nitrogens with one attached hydrogen (secondary N) is 1. The van der Waals surface area contributed by atoms with Gasteiger partial charge in [0.1, 0.15) is 5.75 Å². The molecule has 0 aliphatic rings. The third-order valence-corrected chi connectivity index (χ3v) is 3.63. The summed E-state index contributed by atoms with van der Waals surface area (Å²) in [7, 11) is 1.59. The van der Waals surface area contributed by atoms with Crippen LogP contribution in [0.5, 0.6) is 5.75 Å². The van der Waals surface area contributed by atoms with Crippen LogP contribution < -0.4 is 10.2 Å². The van der Waals surface area contributed by atoms with Crippen molar-refractivity contribution in [1.29, 1.82) is 0 Å². The summed E-state index contributed by atoms with van der Waals surface area (Å²) in [5.74, 6) is 0.647. The maximum atomic E-state index is 6.07. The summed E-state index contributed by atoms with van der Waals surface area (Å²) in [4.78, 5) is 0. The van der Waals surface area contributed by atoms with E-state index in [0.717, 1.165) is 11.3 Å². The van der Waals surface area contributed by atoms with Gasteiger partial charge in [0.15, 0.2) is 0 Å². The van der Waals surface area contributed by atoms with Crippen molar-refractivity contribution in [2.75, 3.05) is 12.5 Å². The molecule has 0 unspecified atom stereocenters. The molecule has 0 aliphatic carbocycles. The highest BCUT2D eigenvalue weighted by molar-refractivity contribution is 6.32. The van der Waals surface area contributed by atoms with Gasteiger partial charge in [-0.15, -0.1) is 0 Å². The van der Waals surface area contributed by atoms with Crippen LogP contribution in [0.25, 0.3) is 0 Å². The highest BCUT2D eigenvalue weighted by Gasteiger charge is 2.12. The lowest BCUT2D eigenvalue weighted by atomic mass is 9.87. The minimum atomic E-state index is 0.160. The third kappa shape index (κ3) is 4.25. The van der Waals surface area contributed by atoms with Gasteiger partial charge in [-0.05, 0) is 34.7 Å². The van der Waals surface area contributed by atoms with Crippen molar-refractivity contribution < 1.29 is 4.74 Å². The number of hydrogen-bond donors (Lipinski definition) is 1. The Morgan fingerprint density at radius 1 is 1.09 bits per heavy atom. The van der Waals surface area contributed by atoms with Crippen LogP contribution in [0, 0.1) is 0 Å². The molecule has 0 spiro atoms. The number of hydrazone groups is 1. The zero-order valence-corrected chi connectivity index (χ0v) is 14.1. The van der Waals surface area contributed by atoms with Crippen LogP contribution in [-0.2, 0) is 5.41 Å². The van der Waals surface area contributed by atoms with Crippen LogP contribution in [-0.4, -0.2) is 13.3 Å². The molecule has 0 radical (unpaired) electrons. The van der Waals surface area contributed by atoms with E-state index in [9.17, 15) is 0 Å². The second-order valence-electron chi connectivity index (χ2n) is 6.09. The lowest BCUT2D eigenvalue weighted by molar-refractivity contribution is 0.415. The van der Waals surface area contributed by atoms with Gasteiger partial charge < -0.3 is 4.74 Å². The third-order valence-electron chi connectivity index (χ3n) is 3.34. The fourth-order valence-corrected chi connectivity index (χ4v) is 2.24. The average molecular weight is 317 g/mol. The molecule has 0 heterocycles. The highest BCUT2D eigenvalue weighted by Crippen LogP contribution is 2.27. The van der Waals surface area contributed by atoms with E-state index in [1.54, 1.807) is 25.5 Å². The van der Waals surface area contributed by atoms with Crippen molar-refractivity contribution in [3.05, 3.63) is 58.6 Å². The molecule has 116 valence electrons. The van der Waals surface area contributed by atoms with E-state index < -0.39 is 0 Å². The number of rotatable bonds is 4. The molecular weight excluding hydrogens is 296 g/mol. The predicted molar refractivity (Wildman–Crippen MR) is 94.4 cm³/mol. The molecule has 0 aromatic heterocycles. The summed E-state index contributed by atoms with van der Waals surface area (Å²) in [6, 6.07) is 13.8. The topological polar surface area (TPSA) is 33.6 Å². The van der Waals surface area contributed by atoms with E-state index >= 15 is 0 Å². The lowest BCUT2D eigenvalue weighted by Gasteiger charge is -2.18. The summed E-state index contributed by atoms with van der Waals surface area (Å²) < 4.78 is 5.11. The van der Waals surface area contributed by atoms with E-state index in [2.05, 4.69) is 55.6 Å².